The highest BCUT2D eigenvalue weighted by molar-refractivity contribution is 8.14. The second-order valence-corrected chi connectivity index (χ2v) is 6.58. The largest absolute Gasteiger partial charge is 0.327 e. The molecule has 0 saturated carbocycles. The molecule has 0 spiro atoms. The molecule has 0 radical (unpaired) electrons. The van der Waals surface area contributed by atoms with E-state index in [0.29, 0.717) is 27.5 Å². The van der Waals surface area contributed by atoms with Crippen LogP contribution in [0.3, 0.4) is 0 Å². The fraction of sp³-hybridized carbons (Fsp3) is 0.385. The third-order valence-corrected chi connectivity index (χ3v) is 4.60. The van der Waals surface area contributed by atoms with E-state index in [1.165, 1.54) is 0 Å². The molecule has 1 aliphatic heterocycles. The van der Waals surface area contributed by atoms with Gasteiger partial charge in [-0.15, -0.1) is 0 Å². The molecule has 1 aliphatic rings. The lowest BCUT2D eigenvalue weighted by Crippen LogP contribution is -2.37. The van der Waals surface area contributed by atoms with Crippen molar-refractivity contribution in [3.05, 3.63) is 28.2 Å². The molecule has 1 unspecified atom stereocenters. The van der Waals surface area contributed by atoms with Gasteiger partial charge in [-0.1, -0.05) is 41.9 Å². The molecule has 4 nitrogen and oxygen atoms in total. The molecule has 0 bridgehead atoms. The Balaban J connectivity index is 2.07. The van der Waals surface area contributed by atoms with Gasteiger partial charge >= 0.3 is 6.03 Å². The Labute approximate surface area is 132 Å². The molecule has 0 saturated heterocycles. The van der Waals surface area contributed by atoms with E-state index in [-0.39, 0.29) is 6.03 Å². The molecule has 1 aromatic rings. The maximum atomic E-state index is 12.3. The van der Waals surface area contributed by atoms with Gasteiger partial charge in [-0.25, -0.2) is 4.79 Å². The zero-order valence-corrected chi connectivity index (χ0v) is 13.5. The van der Waals surface area contributed by atoms with E-state index in [2.05, 4.69) is 17.2 Å². The van der Waals surface area contributed by atoms with Crippen molar-refractivity contribution in [1.29, 1.82) is 0 Å². The van der Waals surface area contributed by atoms with Crippen LogP contribution in [0.2, 0.25) is 10.0 Å². The molecule has 20 heavy (non-hydrogen) atoms. The van der Waals surface area contributed by atoms with Crippen LogP contribution in [0, 0.1) is 0 Å². The van der Waals surface area contributed by atoms with Crippen molar-refractivity contribution < 1.29 is 4.79 Å². The monoisotopic (exact) mass is 331 g/mol. The molecule has 1 aromatic carbocycles. The summed E-state index contributed by atoms with van der Waals surface area (Å²) in [4.78, 5) is 18.3. The van der Waals surface area contributed by atoms with Gasteiger partial charge in [0.25, 0.3) is 0 Å². The highest BCUT2D eigenvalue weighted by atomic mass is 35.5. The molecule has 1 heterocycles. The van der Waals surface area contributed by atoms with Gasteiger partial charge in [0.15, 0.2) is 5.17 Å². The summed E-state index contributed by atoms with van der Waals surface area (Å²) in [6, 6.07) is 4.78. The van der Waals surface area contributed by atoms with E-state index >= 15 is 0 Å². The minimum atomic E-state index is -0.216. The molecule has 0 fully saturated rings. The standard InChI is InChI=1S/C13H15Cl2N3OS/c1-3-18(13-16-7-8(2)20-13)12(19)17-9-4-5-10(14)11(15)6-9/h4-6,8H,3,7H2,1-2H3,(H,17,19). The Kier molecular flexibility index (Phi) is 5.18. The number of urea groups is 1. The summed E-state index contributed by atoms with van der Waals surface area (Å²) < 4.78 is 0. The lowest BCUT2D eigenvalue weighted by atomic mass is 10.3. The highest BCUT2D eigenvalue weighted by Gasteiger charge is 2.24. The number of nitrogens with zero attached hydrogens (tertiary/aromatic N) is 2. The fourth-order valence-electron chi connectivity index (χ4n) is 1.74. The first-order valence-electron chi connectivity index (χ1n) is 6.26. The number of hydrogen-bond acceptors (Lipinski definition) is 3. The van der Waals surface area contributed by atoms with Gasteiger partial charge in [-0.05, 0) is 25.1 Å². The third-order valence-electron chi connectivity index (χ3n) is 2.75. The summed E-state index contributed by atoms with van der Waals surface area (Å²) in [7, 11) is 0. The number of hydrogen-bond donors (Lipinski definition) is 1. The van der Waals surface area contributed by atoms with Crippen molar-refractivity contribution >= 4 is 51.8 Å². The lowest BCUT2D eigenvalue weighted by Gasteiger charge is -2.21. The highest BCUT2D eigenvalue weighted by Crippen LogP contribution is 2.26. The molecule has 2 rings (SSSR count). The quantitative estimate of drug-likeness (QED) is 0.876. The van der Waals surface area contributed by atoms with Crippen LogP contribution in [-0.4, -0.2) is 34.4 Å². The second-order valence-electron chi connectivity index (χ2n) is 4.36. The summed E-state index contributed by atoms with van der Waals surface area (Å²) in [5.74, 6) is 0. The maximum Gasteiger partial charge on any atom is 0.327 e. The van der Waals surface area contributed by atoms with Crippen LogP contribution in [0.5, 0.6) is 0 Å². The number of amidine groups is 1. The van der Waals surface area contributed by atoms with Gasteiger partial charge in [0, 0.05) is 17.5 Å². The van der Waals surface area contributed by atoms with E-state index in [1.807, 2.05) is 6.92 Å². The van der Waals surface area contributed by atoms with Crippen molar-refractivity contribution in [3.63, 3.8) is 0 Å². The number of anilines is 1. The Morgan fingerprint density at radius 3 is 2.80 bits per heavy atom. The Bertz CT molecular complexity index is 550. The second kappa shape index (κ2) is 6.70. The van der Waals surface area contributed by atoms with E-state index in [4.69, 9.17) is 23.2 Å². The summed E-state index contributed by atoms with van der Waals surface area (Å²) in [5.41, 5.74) is 0.611. The van der Waals surface area contributed by atoms with Crippen LogP contribution in [0.15, 0.2) is 23.2 Å². The average Bonchev–Trinajstić information content (AvgIpc) is 2.81. The minimum Gasteiger partial charge on any atom is -0.307 e. The molecule has 108 valence electrons. The van der Waals surface area contributed by atoms with E-state index in [9.17, 15) is 4.79 Å². The van der Waals surface area contributed by atoms with Gasteiger partial charge in [0.05, 0.1) is 16.6 Å². The van der Waals surface area contributed by atoms with Gasteiger partial charge in [-0.2, -0.15) is 0 Å². The Hall–Kier alpha value is -0.910. The van der Waals surface area contributed by atoms with E-state index < -0.39 is 0 Å². The van der Waals surface area contributed by atoms with E-state index in [1.54, 1.807) is 34.9 Å². The molecule has 2 amide bonds. The molecule has 1 atom stereocenters. The van der Waals surface area contributed by atoms with Crippen LogP contribution in [0.25, 0.3) is 0 Å². The maximum absolute atomic E-state index is 12.3. The van der Waals surface area contributed by atoms with Crippen LogP contribution in [0.4, 0.5) is 10.5 Å². The van der Waals surface area contributed by atoms with Crippen LogP contribution < -0.4 is 5.32 Å². The topological polar surface area (TPSA) is 44.7 Å². The number of carbonyl (C=O) groups is 1. The predicted molar refractivity (Wildman–Crippen MR) is 87.2 cm³/mol. The number of nitrogens with one attached hydrogen (secondary N) is 1. The van der Waals surface area contributed by atoms with Crippen LogP contribution in [0.1, 0.15) is 13.8 Å². The Morgan fingerprint density at radius 2 is 2.25 bits per heavy atom. The lowest BCUT2D eigenvalue weighted by molar-refractivity contribution is 0.235. The SMILES string of the molecule is CCN(C(=O)Nc1ccc(Cl)c(Cl)c1)C1=NCC(C)S1. The van der Waals surface area contributed by atoms with E-state index in [0.717, 1.165) is 11.7 Å². The number of benzene rings is 1. The summed E-state index contributed by atoms with van der Waals surface area (Å²) in [5, 5.41) is 4.85. The Morgan fingerprint density at radius 1 is 1.50 bits per heavy atom. The number of carbonyl (C=O) groups excluding carboxylic acids is 1. The molecule has 7 heteroatoms. The molecular formula is C13H15Cl2N3OS. The van der Waals surface area contributed by atoms with Gasteiger partial charge in [0.2, 0.25) is 0 Å². The van der Waals surface area contributed by atoms with Crippen molar-refractivity contribution in [2.75, 3.05) is 18.4 Å². The first-order valence-corrected chi connectivity index (χ1v) is 7.89. The summed E-state index contributed by atoms with van der Waals surface area (Å²) in [6.07, 6.45) is 0. The predicted octanol–water partition coefficient (Wildman–Crippen LogP) is 4.34. The number of rotatable bonds is 2. The smallest absolute Gasteiger partial charge is 0.307 e. The molecular weight excluding hydrogens is 317 g/mol. The number of thioether (sulfide) groups is 1. The third kappa shape index (κ3) is 3.59. The fourth-order valence-corrected chi connectivity index (χ4v) is 3.04. The molecule has 0 aromatic heterocycles. The number of amides is 2. The van der Waals surface area contributed by atoms with Gasteiger partial charge in [0.1, 0.15) is 0 Å². The number of halogens is 2. The first-order chi connectivity index (χ1) is 9.51. The van der Waals surface area contributed by atoms with Gasteiger partial charge < -0.3 is 5.32 Å². The molecule has 0 aliphatic carbocycles. The van der Waals surface area contributed by atoms with Crippen LogP contribution >= 0.6 is 35.0 Å². The van der Waals surface area contributed by atoms with Crippen molar-refractivity contribution in [2.45, 2.75) is 19.1 Å². The molecule has 1 N–H and O–H groups in total. The van der Waals surface area contributed by atoms with Crippen molar-refractivity contribution in [1.82, 2.24) is 4.90 Å². The average molecular weight is 332 g/mol. The zero-order valence-electron chi connectivity index (χ0n) is 11.2. The number of aliphatic imine (C=N–C) groups is 1. The summed E-state index contributed by atoms with van der Waals surface area (Å²) >= 11 is 13.4. The van der Waals surface area contributed by atoms with Gasteiger partial charge in [-0.3, -0.25) is 9.89 Å². The normalized spacial score (nSPS) is 17.8. The minimum absolute atomic E-state index is 0.216. The van der Waals surface area contributed by atoms with Crippen molar-refractivity contribution in [2.24, 2.45) is 4.99 Å². The first kappa shape index (κ1) is 15.5. The summed E-state index contributed by atoms with van der Waals surface area (Å²) in [6.45, 7) is 5.31. The van der Waals surface area contributed by atoms with Crippen molar-refractivity contribution in [3.8, 4) is 0 Å². The van der Waals surface area contributed by atoms with Crippen LogP contribution in [-0.2, 0) is 0 Å². The zero-order chi connectivity index (χ0) is 14.7.